The molecule has 0 bridgehead atoms. The quantitative estimate of drug-likeness (QED) is 0.723. The van der Waals surface area contributed by atoms with Gasteiger partial charge in [-0.25, -0.2) is 0 Å². The summed E-state index contributed by atoms with van der Waals surface area (Å²) in [5.41, 5.74) is 0. The van der Waals surface area contributed by atoms with Crippen molar-refractivity contribution in [3.05, 3.63) is 0 Å². The van der Waals surface area contributed by atoms with E-state index in [4.69, 9.17) is 22.4 Å². The third-order valence-corrected chi connectivity index (χ3v) is 8.06. The number of aliphatic hydroxyl groups excluding tert-OH is 2. The number of thioether (sulfide) groups is 4. The van der Waals surface area contributed by atoms with Gasteiger partial charge >= 0.3 is 0 Å². The molecule has 0 unspecified atom stereocenters. The fourth-order valence-electron chi connectivity index (χ4n) is 0.891. The number of rotatable bonds is 6. The summed E-state index contributed by atoms with van der Waals surface area (Å²) in [6.07, 6.45) is 0. The molecule has 1 saturated heterocycles. The molecule has 7 heteroatoms. The number of hydrogen-bond acceptors (Lipinski definition) is 7. The van der Waals surface area contributed by atoms with E-state index in [-0.39, 0.29) is 13.2 Å². The molecule has 2 atom stereocenters. The molecule has 1 heterocycles. The van der Waals surface area contributed by atoms with E-state index in [1.807, 2.05) is 0 Å². The Labute approximate surface area is 106 Å². The molecule has 0 aromatic rings. The van der Waals surface area contributed by atoms with Gasteiger partial charge in [0.15, 0.2) is 0 Å². The summed E-state index contributed by atoms with van der Waals surface area (Å²) in [4.78, 5) is 0. The maximum atomic E-state index is 8.74. The minimum Gasteiger partial charge on any atom is -0.396 e. The van der Waals surface area contributed by atoms with Crippen LogP contribution in [0, 0.1) is 0 Å². The van der Waals surface area contributed by atoms with Crippen LogP contribution in [0.2, 0.25) is 0 Å². The van der Waals surface area contributed by atoms with E-state index < -0.39 is 0 Å². The lowest BCUT2D eigenvalue weighted by atomic mass is 10.9. The maximum absolute atomic E-state index is 8.74. The zero-order chi connectivity index (χ0) is 10.4. The Hall–Kier alpha value is 1.41. The van der Waals surface area contributed by atoms with Crippen LogP contribution in [0.5, 0.6) is 0 Å². The molecule has 1 aliphatic heterocycles. The van der Waals surface area contributed by atoms with Gasteiger partial charge in [-0.1, -0.05) is 35.7 Å². The van der Waals surface area contributed by atoms with Crippen molar-refractivity contribution in [1.82, 2.24) is 0 Å². The van der Waals surface area contributed by atoms with Crippen molar-refractivity contribution in [2.75, 3.05) is 24.7 Å². The molecule has 0 radical (unpaired) electrons. The zero-order valence-corrected chi connectivity index (χ0v) is 11.5. The number of hydrogen-bond donors (Lipinski definition) is 2. The van der Waals surface area contributed by atoms with Crippen LogP contribution >= 0.6 is 59.3 Å². The Bertz CT molecular complexity index is 171. The van der Waals surface area contributed by atoms with Gasteiger partial charge < -0.3 is 10.2 Å². The van der Waals surface area contributed by atoms with E-state index in [1.165, 1.54) is 0 Å². The van der Waals surface area contributed by atoms with Gasteiger partial charge in [-0.2, -0.15) is 0 Å². The number of aliphatic hydroxyl groups is 2. The van der Waals surface area contributed by atoms with Gasteiger partial charge in [0, 0.05) is 11.5 Å². The highest BCUT2D eigenvalue weighted by atomic mass is 32.3. The van der Waals surface area contributed by atoms with Gasteiger partial charge in [0.2, 0.25) is 0 Å². The summed E-state index contributed by atoms with van der Waals surface area (Å²) >= 11 is 12.1. The molecule has 14 heavy (non-hydrogen) atoms. The van der Waals surface area contributed by atoms with Gasteiger partial charge in [0.1, 0.15) is 3.53 Å². The molecule has 1 fully saturated rings. The Morgan fingerprint density at radius 2 is 1.50 bits per heavy atom. The normalized spacial score (nSPS) is 27.1. The molecule has 0 aliphatic carbocycles. The SMILES string of the molecule is OCCS[C@@H]1SC(=S)S[C@@H]1SCCO. The maximum Gasteiger partial charge on any atom is 0.106 e. The minimum absolute atomic E-state index is 0.219. The van der Waals surface area contributed by atoms with Crippen molar-refractivity contribution >= 4 is 62.8 Å². The van der Waals surface area contributed by atoms with Gasteiger partial charge in [0.05, 0.1) is 22.4 Å². The molecule has 1 rings (SSSR count). The summed E-state index contributed by atoms with van der Waals surface area (Å²) in [5.74, 6) is 1.52. The highest BCUT2D eigenvalue weighted by Gasteiger charge is 2.32. The molecule has 2 nitrogen and oxygen atoms in total. The van der Waals surface area contributed by atoms with Gasteiger partial charge in [-0.05, 0) is 0 Å². The average molecular weight is 289 g/mol. The van der Waals surface area contributed by atoms with Crippen LogP contribution < -0.4 is 0 Å². The molecule has 0 aromatic carbocycles. The molecular formula is C7H12O2S5. The Morgan fingerprint density at radius 3 is 1.86 bits per heavy atom. The van der Waals surface area contributed by atoms with E-state index in [2.05, 4.69) is 0 Å². The predicted octanol–water partition coefficient (Wildman–Crippen LogP) is 1.85. The van der Waals surface area contributed by atoms with E-state index >= 15 is 0 Å². The largest absolute Gasteiger partial charge is 0.396 e. The van der Waals surface area contributed by atoms with Crippen LogP contribution in [0.15, 0.2) is 0 Å². The first-order chi connectivity index (χ1) is 6.77. The fraction of sp³-hybridized carbons (Fsp3) is 0.857. The van der Waals surface area contributed by atoms with Crippen LogP contribution in [-0.2, 0) is 0 Å². The smallest absolute Gasteiger partial charge is 0.106 e. The second-order valence-corrected chi connectivity index (χ2v) is 8.99. The van der Waals surface area contributed by atoms with Crippen molar-refractivity contribution in [2.24, 2.45) is 0 Å². The van der Waals surface area contributed by atoms with E-state index in [9.17, 15) is 0 Å². The first-order valence-electron chi connectivity index (χ1n) is 4.10. The van der Waals surface area contributed by atoms with Crippen molar-refractivity contribution in [3.63, 3.8) is 0 Å². The monoisotopic (exact) mass is 288 g/mol. The van der Waals surface area contributed by atoms with Crippen LogP contribution in [0.1, 0.15) is 0 Å². The molecule has 0 aromatic heterocycles. The summed E-state index contributed by atoms with van der Waals surface area (Å²) < 4.78 is 1.84. The third-order valence-electron chi connectivity index (χ3n) is 1.39. The number of thiocarbonyl (C=S) groups is 1. The second kappa shape index (κ2) is 7.65. The summed E-state index contributed by atoms with van der Waals surface area (Å²) in [5, 5.41) is 17.5. The molecule has 82 valence electrons. The summed E-state index contributed by atoms with van der Waals surface area (Å²) in [6.45, 7) is 0.438. The summed E-state index contributed by atoms with van der Waals surface area (Å²) in [7, 11) is 0. The first kappa shape index (κ1) is 13.5. The standard InChI is InChI=1S/C7H12O2S5/c8-1-3-11-5-6(12-4-2-9)14-7(10)13-5/h5-6,8-9H,1-4H2/t5-,6+. The molecule has 0 saturated carbocycles. The fourth-order valence-corrected chi connectivity index (χ4v) is 7.99. The van der Waals surface area contributed by atoms with Gasteiger partial charge in [0.25, 0.3) is 0 Å². The first-order valence-corrected chi connectivity index (χ1v) is 8.36. The summed E-state index contributed by atoms with van der Waals surface area (Å²) in [6, 6.07) is 0. The highest BCUT2D eigenvalue weighted by Crippen LogP contribution is 2.49. The van der Waals surface area contributed by atoms with Crippen molar-refractivity contribution in [3.8, 4) is 0 Å². The zero-order valence-electron chi connectivity index (χ0n) is 7.42. The molecule has 1 aliphatic rings. The Morgan fingerprint density at radius 1 is 1.07 bits per heavy atom. The van der Waals surface area contributed by atoms with Crippen LogP contribution in [-0.4, -0.2) is 47.6 Å². The molecule has 0 spiro atoms. The van der Waals surface area contributed by atoms with Crippen LogP contribution in [0.4, 0.5) is 0 Å². The Kier molecular flexibility index (Phi) is 7.36. The molecule has 2 N–H and O–H groups in total. The highest BCUT2D eigenvalue weighted by molar-refractivity contribution is 8.54. The van der Waals surface area contributed by atoms with E-state index in [1.54, 1.807) is 47.0 Å². The van der Waals surface area contributed by atoms with E-state index in [0.29, 0.717) is 9.16 Å². The van der Waals surface area contributed by atoms with Crippen LogP contribution in [0.25, 0.3) is 0 Å². The topological polar surface area (TPSA) is 40.5 Å². The van der Waals surface area contributed by atoms with Gasteiger partial charge in [-0.15, -0.1) is 23.5 Å². The lowest BCUT2D eigenvalue weighted by molar-refractivity contribution is 0.322. The van der Waals surface area contributed by atoms with Crippen molar-refractivity contribution in [2.45, 2.75) is 9.16 Å². The Balaban J connectivity index is 2.33. The third kappa shape index (κ3) is 4.51. The second-order valence-electron chi connectivity index (χ2n) is 2.41. The van der Waals surface area contributed by atoms with Crippen molar-refractivity contribution < 1.29 is 10.2 Å². The van der Waals surface area contributed by atoms with Crippen LogP contribution in [0.3, 0.4) is 0 Å². The average Bonchev–Trinajstić information content (AvgIpc) is 2.52. The lowest BCUT2D eigenvalue weighted by Crippen LogP contribution is -2.10. The van der Waals surface area contributed by atoms with E-state index in [0.717, 1.165) is 15.0 Å². The molecule has 0 amide bonds. The molecular weight excluding hydrogens is 276 g/mol. The minimum atomic E-state index is 0.219. The predicted molar refractivity (Wildman–Crippen MR) is 74.4 cm³/mol. The van der Waals surface area contributed by atoms with Gasteiger partial charge in [-0.3, -0.25) is 0 Å². The lowest BCUT2D eigenvalue weighted by Gasteiger charge is -2.14. The van der Waals surface area contributed by atoms with Crippen molar-refractivity contribution in [1.29, 1.82) is 0 Å².